The van der Waals surface area contributed by atoms with Crippen LogP contribution in [0.3, 0.4) is 0 Å². The van der Waals surface area contributed by atoms with Crippen molar-refractivity contribution in [2.24, 2.45) is 0 Å². The molecule has 5 rings (SSSR count). The van der Waals surface area contributed by atoms with Gasteiger partial charge in [0.1, 0.15) is 11.6 Å². The van der Waals surface area contributed by atoms with Gasteiger partial charge in [-0.25, -0.2) is 8.78 Å². The minimum atomic E-state index is -0.338. The van der Waals surface area contributed by atoms with Crippen molar-refractivity contribution < 1.29 is 18.0 Å². The summed E-state index contributed by atoms with van der Waals surface area (Å²) in [6, 6.07) is 22.9. The molecule has 0 atom stereocenters. The number of rotatable bonds is 8. The second-order valence-electron chi connectivity index (χ2n) is 7.89. The SMILES string of the molecule is O=C(NCc1ccc(F)cc1)c1cccc(CSc2nnc(-c3ccco3)n2-c2ccc(F)cc2)c1. The van der Waals surface area contributed by atoms with E-state index in [4.69, 9.17) is 4.42 Å². The van der Waals surface area contributed by atoms with E-state index in [1.165, 1.54) is 36.0 Å². The zero-order valence-corrected chi connectivity index (χ0v) is 19.7. The summed E-state index contributed by atoms with van der Waals surface area (Å²) in [6.07, 6.45) is 1.55. The summed E-state index contributed by atoms with van der Waals surface area (Å²) in [6.45, 7) is 0.300. The summed E-state index contributed by atoms with van der Waals surface area (Å²) in [5.74, 6) is 0.690. The van der Waals surface area contributed by atoms with Gasteiger partial charge in [-0.1, -0.05) is 36.0 Å². The molecule has 180 valence electrons. The highest BCUT2D eigenvalue weighted by Crippen LogP contribution is 2.30. The molecule has 0 bridgehead atoms. The van der Waals surface area contributed by atoms with Crippen LogP contribution in [0.1, 0.15) is 21.5 Å². The van der Waals surface area contributed by atoms with E-state index >= 15 is 0 Å². The Hall–Kier alpha value is -4.24. The van der Waals surface area contributed by atoms with E-state index in [1.54, 1.807) is 48.7 Å². The molecule has 2 aromatic heterocycles. The Bertz CT molecular complexity index is 1470. The molecule has 6 nitrogen and oxygen atoms in total. The summed E-state index contributed by atoms with van der Waals surface area (Å²) >= 11 is 1.44. The fourth-order valence-corrected chi connectivity index (χ4v) is 4.48. The largest absolute Gasteiger partial charge is 0.461 e. The Kier molecular flexibility index (Phi) is 6.90. The van der Waals surface area contributed by atoms with Gasteiger partial charge in [-0.3, -0.25) is 9.36 Å². The van der Waals surface area contributed by atoms with Gasteiger partial charge in [-0.15, -0.1) is 10.2 Å². The van der Waals surface area contributed by atoms with Crippen LogP contribution in [0.5, 0.6) is 0 Å². The highest BCUT2D eigenvalue weighted by Gasteiger charge is 2.18. The van der Waals surface area contributed by atoms with E-state index in [1.807, 2.05) is 22.8 Å². The van der Waals surface area contributed by atoms with E-state index in [-0.39, 0.29) is 17.5 Å². The number of thioether (sulfide) groups is 1. The van der Waals surface area contributed by atoms with Crippen LogP contribution in [0, 0.1) is 11.6 Å². The molecule has 0 saturated heterocycles. The van der Waals surface area contributed by atoms with Gasteiger partial charge in [0.05, 0.1) is 12.0 Å². The highest BCUT2D eigenvalue weighted by molar-refractivity contribution is 7.98. The molecule has 0 aliphatic rings. The predicted octanol–water partition coefficient (Wildman–Crippen LogP) is 6.03. The van der Waals surface area contributed by atoms with Crippen LogP contribution in [0.25, 0.3) is 17.3 Å². The third kappa shape index (κ3) is 5.36. The summed E-state index contributed by atoms with van der Waals surface area (Å²) in [5, 5.41) is 12.1. The number of carbonyl (C=O) groups is 1. The number of benzene rings is 3. The molecule has 1 amide bonds. The average Bonchev–Trinajstić information content (AvgIpc) is 3.58. The first-order valence-electron chi connectivity index (χ1n) is 11.1. The van der Waals surface area contributed by atoms with Gasteiger partial charge in [0.25, 0.3) is 5.91 Å². The van der Waals surface area contributed by atoms with E-state index in [0.29, 0.717) is 40.3 Å². The maximum atomic E-state index is 13.5. The number of hydrogen-bond donors (Lipinski definition) is 1. The van der Waals surface area contributed by atoms with Gasteiger partial charge in [-0.05, 0) is 71.8 Å². The van der Waals surface area contributed by atoms with Gasteiger partial charge in [0, 0.05) is 17.9 Å². The summed E-state index contributed by atoms with van der Waals surface area (Å²) < 4.78 is 33.9. The molecule has 0 spiro atoms. The summed E-state index contributed by atoms with van der Waals surface area (Å²) in [5.41, 5.74) is 2.95. The Balaban J connectivity index is 1.32. The third-order valence-corrected chi connectivity index (χ3v) is 6.38. The Labute approximate surface area is 210 Å². The second-order valence-corrected chi connectivity index (χ2v) is 8.84. The fraction of sp³-hybridized carbons (Fsp3) is 0.0741. The summed E-state index contributed by atoms with van der Waals surface area (Å²) in [4.78, 5) is 12.7. The predicted molar refractivity (Wildman–Crippen MR) is 133 cm³/mol. The van der Waals surface area contributed by atoms with Crippen LogP contribution in [0.15, 0.2) is 101 Å². The van der Waals surface area contributed by atoms with Gasteiger partial charge in [0.15, 0.2) is 10.9 Å². The third-order valence-electron chi connectivity index (χ3n) is 5.38. The second kappa shape index (κ2) is 10.6. The molecule has 9 heteroatoms. The number of nitrogens with one attached hydrogen (secondary N) is 1. The van der Waals surface area contributed by atoms with Crippen LogP contribution < -0.4 is 5.32 Å². The van der Waals surface area contributed by atoms with Gasteiger partial charge in [0.2, 0.25) is 5.82 Å². The fourth-order valence-electron chi connectivity index (χ4n) is 3.59. The molecule has 1 N–H and O–H groups in total. The van der Waals surface area contributed by atoms with E-state index in [2.05, 4.69) is 15.5 Å². The molecule has 3 aromatic carbocycles. The normalized spacial score (nSPS) is 10.9. The average molecular weight is 503 g/mol. The molecule has 0 radical (unpaired) electrons. The first-order chi connectivity index (χ1) is 17.6. The summed E-state index contributed by atoms with van der Waals surface area (Å²) in [7, 11) is 0. The molecule has 2 heterocycles. The standard InChI is InChI=1S/C27H20F2N4O2S/c28-21-8-6-18(7-9-21)16-30-26(34)20-4-1-3-19(15-20)17-36-27-32-31-25(24-5-2-14-35-24)33(27)23-12-10-22(29)11-13-23/h1-15H,16-17H2,(H,30,34). The van der Waals surface area contributed by atoms with Crippen molar-refractivity contribution in [3.05, 3.63) is 120 Å². The van der Waals surface area contributed by atoms with Crippen molar-refractivity contribution in [1.82, 2.24) is 20.1 Å². The maximum Gasteiger partial charge on any atom is 0.251 e. The van der Waals surface area contributed by atoms with Gasteiger partial charge >= 0.3 is 0 Å². The highest BCUT2D eigenvalue weighted by atomic mass is 32.2. The molecule has 36 heavy (non-hydrogen) atoms. The quantitative estimate of drug-likeness (QED) is 0.263. The lowest BCUT2D eigenvalue weighted by Crippen LogP contribution is -2.22. The number of halogens is 2. The maximum absolute atomic E-state index is 13.5. The number of furan rings is 1. The molecule has 0 saturated carbocycles. The van der Waals surface area contributed by atoms with E-state index < -0.39 is 0 Å². The van der Waals surface area contributed by atoms with Crippen molar-refractivity contribution in [3.63, 3.8) is 0 Å². The molecule has 0 fully saturated rings. The smallest absolute Gasteiger partial charge is 0.251 e. The van der Waals surface area contributed by atoms with Crippen LogP contribution in [-0.2, 0) is 12.3 Å². The first-order valence-corrected chi connectivity index (χ1v) is 12.0. The molecule has 0 aliphatic heterocycles. The van der Waals surface area contributed by atoms with E-state index in [9.17, 15) is 13.6 Å². The lowest BCUT2D eigenvalue weighted by Gasteiger charge is -2.10. The topological polar surface area (TPSA) is 73.0 Å². The van der Waals surface area contributed by atoms with Crippen LogP contribution in [-0.4, -0.2) is 20.7 Å². The molecular weight excluding hydrogens is 482 g/mol. The van der Waals surface area contributed by atoms with Crippen molar-refractivity contribution in [3.8, 4) is 17.3 Å². The number of nitrogens with zero attached hydrogens (tertiary/aromatic N) is 3. The Morgan fingerprint density at radius 2 is 1.64 bits per heavy atom. The van der Waals surface area contributed by atoms with Crippen molar-refractivity contribution >= 4 is 17.7 Å². The monoisotopic (exact) mass is 502 g/mol. The lowest BCUT2D eigenvalue weighted by atomic mass is 10.1. The van der Waals surface area contributed by atoms with Gasteiger partial charge in [-0.2, -0.15) is 0 Å². The number of carbonyl (C=O) groups excluding carboxylic acids is 1. The van der Waals surface area contributed by atoms with Crippen LogP contribution in [0.2, 0.25) is 0 Å². The van der Waals surface area contributed by atoms with Crippen molar-refractivity contribution in [2.75, 3.05) is 0 Å². The molecular formula is C27H20F2N4O2S. The van der Waals surface area contributed by atoms with E-state index in [0.717, 1.165) is 11.1 Å². The zero-order valence-electron chi connectivity index (χ0n) is 18.9. The zero-order chi connectivity index (χ0) is 24.9. The van der Waals surface area contributed by atoms with Crippen molar-refractivity contribution in [2.45, 2.75) is 17.5 Å². The lowest BCUT2D eigenvalue weighted by molar-refractivity contribution is 0.0951. The Morgan fingerprint density at radius 3 is 2.36 bits per heavy atom. The van der Waals surface area contributed by atoms with Crippen LogP contribution in [0.4, 0.5) is 8.78 Å². The number of hydrogen-bond acceptors (Lipinski definition) is 5. The number of aromatic nitrogens is 3. The first kappa shape index (κ1) is 23.5. The molecule has 0 aliphatic carbocycles. The van der Waals surface area contributed by atoms with Crippen LogP contribution >= 0.6 is 11.8 Å². The van der Waals surface area contributed by atoms with Crippen molar-refractivity contribution in [1.29, 1.82) is 0 Å². The molecule has 5 aromatic rings. The number of amides is 1. The van der Waals surface area contributed by atoms with Gasteiger partial charge < -0.3 is 9.73 Å². The Morgan fingerprint density at radius 1 is 0.889 bits per heavy atom. The molecule has 0 unspecified atom stereocenters. The minimum Gasteiger partial charge on any atom is -0.461 e. The minimum absolute atomic E-state index is 0.222.